The normalized spacial score (nSPS) is 16.4. The average molecular weight is 368 g/mol. The molecular weight excluding hydrogens is 346 g/mol. The standard InChI is InChI=1S/C19H21N5OS/c20-18-16(25-12-13-1-5-21-6-2-13)9-15(10-23-18)17-11-24-19(26-17)14-3-7-22-8-4-14/h1-2,5-6,9-11,14,22H,3-4,7-8,12H2,(H2,20,23)/i/hD. The number of nitrogen functional groups attached to an aromatic ring is 1. The molecule has 3 N–H and O–H groups in total. The molecule has 7 heteroatoms. The van der Waals surface area contributed by atoms with Gasteiger partial charge in [-0.1, -0.05) is 0 Å². The number of nitrogens with one attached hydrogen (secondary N) is 1. The summed E-state index contributed by atoms with van der Waals surface area (Å²) < 4.78 is 13.6. The maximum absolute atomic E-state index is 7.69. The summed E-state index contributed by atoms with van der Waals surface area (Å²) in [5.74, 6) is 1.39. The number of anilines is 1. The first-order valence-corrected chi connectivity index (χ1v) is 9.48. The first-order chi connectivity index (χ1) is 13.2. The quantitative estimate of drug-likeness (QED) is 0.719. The molecule has 0 saturated carbocycles. The molecule has 1 aliphatic rings. The summed E-state index contributed by atoms with van der Waals surface area (Å²) in [6.45, 7) is 2.02. The van der Waals surface area contributed by atoms with Crippen LogP contribution in [0.3, 0.4) is 0 Å². The second kappa shape index (κ2) is 7.80. The van der Waals surface area contributed by atoms with Gasteiger partial charge in [-0.05, 0) is 49.7 Å². The summed E-state index contributed by atoms with van der Waals surface area (Å²) in [6.07, 6.45) is 9.10. The molecule has 26 heavy (non-hydrogen) atoms. The monoisotopic (exact) mass is 368 g/mol. The van der Waals surface area contributed by atoms with Crippen molar-refractivity contribution in [1.82, 2.24) is 20.3 Å². The van der Waals surface area contributed by atoms with Crippen LogP contribution >= 0.6 is 11.3 Å². The third-order valence-electron chi connectivity index (χ3n) is 4.45. The molecule has 0 aromatic carbocycles. The highest BCUT2D eigenvalue weighted by Crippen LogP contribution is 2.35. The van der Waals surface area contributed by atoms with Crippen LogP contribution in [0, 0.1) is 0 Å². The van der Waals surface area contributed by atoms with Gasteiger partial charge in [0.1, 0.15) is 8.02 Å². The Labute approximate surface area is 157 Å². The number of rotatable bonds is 5. The van der Waals surface area contributed by atoms with Crippen LogP contribution in [0.2, 0.25) is 1.41 Å². The van der Waals surface area contributed by atoms with Gasteiger partial charge < -0.3 is 15.8 Å². The van der Waals surface area contributed by atoms with Crippen molar-refractivity contribution in [2.45, 2.75) is 25.4 Å². The molecule has 6 nitrogen and oxygen atoms in total. The molecule has 0 aliphatic carbocycles. The van der Waals surface area contributed by atoms with Gasteiger partial charge in [-0.2, -0.15) is 0 Å². The van der Waals surface area contributed by atoms with Crippen molar-refractivity contribution in [3.05, 3.63) is 53.6 Å². The number of nitrogens with zero attached hydrogens (tertiary/aromatic N) is 3. The Morgan fingerprint density at radius 3 is 2.85 bits per heavy atom. The van der Waals surface area contributed by atoms with Gasteiger partial charge in [0.05, 0.1) is 9.88 Å². The summed E-state index contributed by atoms with van der Waals surface area (Å²) in [7, 11) is 0. The fourth-order valence-electron chi connectivity index (χ4n) is 2.95. The predicted molar refractivity (Wildman–Crippen MR) is 103 cm³/mol. The minimum atomic E-state index is 0.375. The lowest BCUT2D eigenvalue weighted by Crippen LogP contribution is -2.26. The highest BCUT2D eigenvalue weighted by molar-refractivity contribution is 7.15. The van der Waals surface area contributed by atoms with E-state index in [0.29, 0.717) is 24.1 Å². The number of hydrogen-bond acceptors (Lipinski definition) is 7. The number of nitrogens with two attached hydrogens (primary N) is 1. The van der Waals surface area contributed by atoms with Crippen molar-refractivity contribution < 1.29 is 6.15 Å². The molecule has 4 rings (SSSR count). The molecule has 1 saturated heterocycles. The molecule has 1 aliphatic heterocycles. The van der Waals surface area contributed by atoms with Gasteiger partial charge in [-0.3, -0.25) is 4.98 Å². The number of aromatic nitrogens is 3. The topological polar surface area (TPSA) is 86.0 Å². The number of piperidine rings is 1. The molecule has 0 spiro atoms. The van der Waals surface area contributed by atoms with Crippen LogP contribution < -0.4 is 15.8 Å². The fraction of sp³-hybridized carbons (Fsp3) is 0.316. The van der Waals surface area contributed by atoms with Crippen LogP contribution in [0.4, 0.5) is 5.82 Å². The number of hydrogen-bond donors (Lipinski definition) is 2. The minimum absolute atomic E-state index is 0.375. The smallest absolute Gasteiger partial charge is 0.166 e. The number of thiazole rings is 1. The molecule has 0 amide bonds. The third-order valence-corrected chi connectivity index (χ3v) is 5.66. The van der Waals surface area contributed by atoms with Crippen molar-refractivity contribution in [3.8, 4) is 16.2 Å². The third kappa shape index (κ3) is 3.84. The first kappa shape index (κ1) is 15.7. The van der Waals surface area contributed by atoms with E-state index < -0.39 is 0 Å². The fourth-order valence-corrected chi connectivity index (χ4v) is 4.02. The van der Waals surface area contributed by atoms with Gasteiger partial charge >= 0.3 is 0 Å². The zero-order chi connectivity index (χ0) is 18.6. The largest absolute Gasteiger partial charge is 0.485 e. The maximum atomic E-state index is 7.69. The Morgan fingerprint density at radius 1 is 1.23 bits per heavy atom. The lowest BCUT2D eigenvalue weighted by atomic mass is 9.99. The van der Waals surface area contributed by atoms with Gasteiger partial charge in [0.25, 0.3) is 0 Å². The lowest BCUT2D eigenvalue weighted by molar-refractivity contribution is 0.307. The molecule has 3 aromatic rings. The summed E-state index contributed by atoms with van der Waals surface area (Å²) in [6, 6.07) is 5.74. The minimum Gasteiger partial charge on any atom is -0.485 e. The van der Waals surface area contributed by atoms with E-state index in [0.717, 1.165) is 46.9 Å². The lowest BCUT2D eigenvalue weighted by Gasteiger charge is -2.20. The van der Waals surface area contributed by atoms with Gasteiger partial charge in [-0.15, -0.1) is 11.3 Å². The summed E-state index contributed by atoms with van der Waals surface area (Å²) >= 11 is 1.69. The van der Waals surface area contributed by atoms with Crippen molar-refractivity contribution in [1.29, 1.82) is 0 Å². The van der Waals surface area contributed by atoms with Gasteiger partial charge in [0.2, 0.25) is 0 Å². The Balaban J connectivity index is 1.49. The van der Waals surface area contributed by atoms with Gasteiger partial charge in [0.15, 0.2) is 11.6 Å². The van der Waals surface area contributed by atoms with Crippen LogP contribution in [-0.4, -0.2) is 28.0 Å². The van der Waals surface area contributed by atoms with Crippen molar-refractivity contribution in [2.24, 2.45) is 0 Å². The maximum Gasteiger partial charge on any atom is 0.166 e. The summed E-state index contributed by atoms with van der Waals surface area (Å²) in [5, 5.41) is 2.76. The molecule has 0 unspecified atom stereocenters. The average Bonchev–Trinajstić information content (AvgIpc) is 3.19. The molecule has 0 radical (unpaired) electrons. The first-order valence-electron chi connectivity index (χ1n) is 9.11. The van der Waals surface area contributed by atoms with E-state index in [1.807, 2.05) is 24.4 Å². The Hall–Kier alpha value is -2.51. The van der Waals surface area contributed by atoms with E-state index in [-0.39, 0.29) is 0 Å². The molecule has 134 valence electrons. The number of pyridine rings is 2. The van der Waals surface area contributed by atoms with Crippen LogP contribution in [0.15, 0.2) is 43.0 Å². The predicted octanol–water partition coefficient (Wildman–Crippen LogP) is 3.23. The molecule has 0 bridgehead atoms. The number of ether oxygens (including phenoxy) is 1. The van der Waals surface area contributed by atoms with E-state index in [4.69, 9.17) is 11.9 Å². The highest BCUT2D eigenvalue weighted by atomic mass is 32.1. The molecule has 3 aromatic heterocycles. The van der Waals surface area contributed by atoms with E-state index >= 15 is 0 Å². The van der Waals surface area contributed by atoms with Crippen LogP contribution in [0.25, 0.3) is 10.4 Å². The Bertz CT molecular complexity index is 896. The van der Waals surface area contributed by atoms with Crippen molar-refractivity contribution >= 4 is 17.2 Å². The Kier molecular flexibility index (Phi) is 4.72. The molecule has 4 heterocycles. The summed E-state index contributed by atoms with van der Waals surface area (Å²) in [4.78, 5) is 14.0. The van der Waals surface area contributed by atoms with Crippen LogP contribution in [0.5, 0.6) is 5.75 Å². The van der Waals surface area contributed by atoms with E-state index in [1.54, 1.807) is 35.2 Å². The van der Waals surface area contributed by atoms with Crippen LogP contribution in [0.1, 0.15) is 29.3 Å². The second-order valence-electron chi connectivity index (χ2n) is 6.26. The molecule has 1 fully saturated rings. The zero-order valence-corrected chi connectivity index (χ0v) is 15.2. The highest BCUT2D eigenvalue weighted by Gasteiger charge is 2.19. The second-order valence-corrected chi connectivity index (χ2v) is 7.32. The van der Waals surface area contributed by atoms with E-state index in [9.17, 15) is 0 Å². The molecular formula is C19H21N5OS. The molecule has 0 atom stereocenters. The van der Waals surface area contributed by atoms with Gasteiger partial charge in [-0.25, -0.2) is 9.97 Å². The summed E-state index contributed by atoms with van der Waals surface area (Å²) in [5.41, 5.74) is 7.96. The van der Waals surface area contributed by atoms with Gasteiger partial charge in [0, 0.05) is 36.3 Å². The van der Waals surface area contributed by atoms with Crippen molar-refractivity contribution in [3.63, 3.8) is 0 Å². The van der Waals surface area contributed by atoms with Crippen LogP contribution in [-0.2, 0) is 6.61 Å². The van der Waals surface area contributed by atoms with E-state index in [2.05, 4.69) is 15.0 Å². The van der Waals surface area contributed by atoms with Crippen molar-refractivity contribution in [2.75, 3.05) is 18.8 Å². The zero-order valence-electron chi connectivity index (χ0n) is 15.3. The van der Waals surface area contributed by atoms with E-state index in [1.165, 1.54) is 0 Å². The Morgan fingerprint density at radius 2 is 2.04 bits per heavy atom. The SMILES string of the molecule is [2H]N1CCC(c2ncc(-c3cnc(N)c(OCc4ccncc4)c3)s2)CC1.